The van der Waals surface area contributed by atoms with Crippen LogP contribution in [-0.2, 0) is 6.54 Å². The van der Waals surface area contributed by atoms with Gasteiger partial charge in [-0.15, -0.1) is 0 Å². The Morgan fingerprint density at radius 3 is 2.68 bits per heavy atom. The normalized spacial score (nSPS) is 14.9. The third-order valence-electron chi connectivity index (χ3n) is 6.09. The summed E-state index contributed by atoms with van der Waals surface area (Å²) in [6.45, 7) is 3.85. The third kappa shape index (κ3) is 3.91. The van der Waals surface area contributed by atoms with Crippen molar-refractivity contribution in [3.05, 3.63) is 84.1 Å². The molecule has 0 saturated carbocycles. The van der Waals surface area contributed by atoms with E-state index < -0.39 is 0 Å². The van der Waals surface area contributed by atoms with Crippen LogP contribution in [-0.4, -0.2) is 50.8 Å². The topological polar surface area (TPSA) is 85.3 Å². The largest absolute Gasteiger partial charge is 0.493 e. The summed E-state index contributed by atoms with van der Waals surface area (Å²) >= 11 is 0. The molecule has 3 heterocycles. The second-order valence-corrected chi connectivity index (χ2v) is 8.13. The molecule has 0 bridgehead atoms. The van der Waals surface area contributed by atoms with E-state index in [4.69, 9.17) is 9.47 Å². The lowest BCUT2D eigenvalue weighted by Gasteiger charge is -2.27. The smallest absolute Gasteiger partial charge is 0.273 e. The first kappa shape index (κ1) is 21.8. The number of nitrogens with zero attached hydrogens (tertiary/aromatic N) is 4. The predicted molar refractivity (Wildman–Crippen MR) is 128 cm³/mol. The van der Waals surface area contributed by atoms with Crippen LogP contribution in [0.3, 0.4) is 0 Å². The molecule has 5 rings (SSSR count). The van der Waals surface area contributed by atoms with Crippen LogP contribution in [0.15, 0.2) is 67.3 Å². The summed E-state index contributed by atoms with van der Waals surface area (Å²) < 4.78 is 13.3. The third-order valence-corrected chi connectivity index (χ3v) is 6.09. The lowest BCUT2D eigenvalue weighted by Crippen LogP contribution is -2.31. The molecule has 1 aliphatic rings. The molecule has 1 unspecified atom stereocenters. The summed E-state index contributed by atoms with van der Waals surface area (Å²) in [5, 5.41) is 7.55. The molecule has 8 heteroatoms. The lowest BCUT2D eigenvalue weighted by molar-refractivity contribution is 0.0739. The highest BCUT2D eigenvalue weighted by molar-refractivity contribution is 6.00. The molecule has 174 valence electrons. The summed E-state index contributed by atoms with van der Waals surface area (Å²) in [6, 6.07) is 15.5. The van der Waals surface area contributed by atoms with Crippen molar-refractivity contribution in [1.82, 2.24) is 24.6 Å². The van der Waals surface area contributed by atoms with Crippen LogP contribution < -0.4 is 9.47 Å². The number of H-pyrrole nitrogens is 1. The maximum absolute atomic E-state index is 13.5. The quantitative estimate of drug-likeness (QED) is 0.405. The number of aromatic amines is 1. The number of nitrogens with one attached hydrogen (secondary N) is 1. The summed E-state index contributed by atoms with van der Waals surface area (Å²) in [5.41, 5.74) is 4.15. The molecule has 2 aromatic carbocycles. The molecule has 34 heavy (non-hydrogen) atoms. The van der Waals surface area contributed by atoms with Crippen molar-refractivity contribution < 1.29 is 14.3 Å². The average molecular weight is 458 g/mol. The Morgan fingerprint density at radius 1 is 1.09 bits per heavy atom. The van der Waals surface area contributed by atoms with Crippen molar-refractivity contribution in [2.75, 3.05) is 20.3 Å². The molecule has 2 aromatic heterocycles. The molecule has 0 aliphatic carbocycles. The van der Waals surface area contributed by atoms with Crippen molar-refractivity contribution in [1.29, 1.82) is 0 Å². The van der Waals surface area contributed by atoms with Gasteiger partial charge >= 0.3 is 0 Å². The molecule has 1 aliphatic heterocycles. The van der Waals surface area contributed by atoms with E-state index in [0.29, 0.717) is 30.3 Å². The van der Waals surface area contributed by atoms with Crippen LogP contribution >= 0.6 is 0 Å². The fraction of sp³-hybridized carbons (Fsp3) is 0.269. The molecule has 8 nitrogen and oxygen atoms in total. The number of methoxy groups -OCH3 is 1. The molecule has 0 radical (unpaired) electrons. The van der Waals surface area contributed by atoms with Gasteiger partial charge in [-0.1, -0.05) is 36.4 Å². The number of rotatable bonds is 9. The molecule has 0 saturated heterocycles. The Bertz CT molecular complexity index is 1270. The van der Waals surface area contributed by atoms with Gasteiger partial charge in [0, 0.05) is 36.6 Å². The van der Waals surface area contributed by atoms with Gasteiger partial charge in [0.2, 0.25) is 0 Å². The van der Waals surface area contributed by atoms with Crippen molar-refractivity contribution in [3.63, 3.8) is 0 Å². The van der Waals surface area contributed by atoms with Crippen LogP contribution in [0.5, 0.6) is 11.5 Å². The Kier molecular flexibility index (Phi) is 6.03. The number of fused-ring (bicyclic) bond motifs is 1. The highest BCUT2D eigenvalue weighted by Gasteiger charge is 2.42. The van der Waals surface area contributed by atoms with E-state index in [1.807, 2.05) is 71.1 Å². The molecule has 1 atom stereocenters. The van der Waals surface area contributed by atoms with Gasteiger partial charge in [0.1, 0.15) is 5.69 Å². The fourth-order valence-electron chi connectivity index (χ4n) is 4.56. The highest BCUT2D eigenvalue weighted by atomic mass is 16.5. The monoisotopic (exact) mass is 457 g/mol. The Balaban J connectivity index is 1.55. The number of carbonyl (C=O) groups excluding carboxylic acids is 1. The minimum atomic E-state index is -0.288. The zero-order chi connectivity index (χ0) is 23.5. The Morgan fingerprint density at radius 2 is 1.94 bits per heavy atom. The Labute approximate surface area is 198 Å². The van der Waals surface area contributed by atoms with Gasteiger partial charge in [0.15, 0.2) is 11.5 Å². The number of hydrogen-bond acceptors (Lipinski definition) is 5. The number of carbonyl (C=O) groups is 1. The minimum Gasteiger partial charge on any atom is -0.493 e. The average Bonchev–Trinajstić information content (AvgIpc) is 3.59. The first-order valence-corrected chi connectivity index (χ1v) is 11.4. The van der Waals surface area contributed by atoms with Crippen molar-refractivity contribution >= 4 is 5.91 Å². The van der Waals surface area contributed by atoms with E-state index in [0.717, 1.165) is 35.3 Å². The van der Waals surface area contributed by atoms with Gasteiger partial charge in [0.25, 0.3) is 5.91 Å². The van der Waals surface area contributed by atoms with Crippen LogP contribution in [0.4, 0.5) is 0 Å². The highest BCUT2D eigenvalue weighted by Crippen LogP contribution is 2.44. The summed E-state index contributed by atoms with van der Waals surface area (Å²) in [6.07, 6.45) is 6.28. The first-order chi connectivity index (χ1) is 16.7. The number of hydrogen-bond donors (Lipinski definition) is 1. The van der Waals surface area contributed by atoms with Gasteiger partial charge in [-0.2, -0.15) is 5.10 Å². The van der Waals surface area contributed by atoms with E-state index in [2.05, 4.69) is 15.2 Å². The van der Waals surface area contributed by atoms with E-state index in [9.17, 15) is 4.79 Å². The van der Waals surface area contributed by atoms with Gasteiger partial charge in [-0.25, -0.2) is 4.98 Å². The van der Waals surface area contributed by atoms with Crippen LogP contribution in [0.25, 0.3) is 11.3 Å². The molecule has 1 N–H and O–H groups in total. The summed E-state index contributed by atoms with van der Waals surface area (Å²) in [4.78, 5) is 19.5. The maximum Gasteiger partial charge on any atom is 0.273 e. The van der Waals surface area contributed by atoms with E-state index in [1.165, 1.54) is 0 Å². The maximum atomic E-state index is 13.5. The van der Waals surface area contributed by atoms with Gasteiger partial charge in [-0.05, 0) is 31.0 Å². The van der Waals surface area contributed by atoms with Crippen molar-refractivity contribution in [2.24, 2.45) is 0 Å². The summed E-state index contributed by atoms with van der Waals surface area (Å²) in [7, 11) is 1.63. The first-order valence-electron chi connectivity index (χ1n) is 11.4. The SMILES string of the molecule is CCOc1ccc(C2c3c(-c4ccccc4)n[nH]c3C(=O)N2CCCn2ccnc2)cc1OC. The molecular formula is C26H27N5O3. The van der Waals surface area contributed by atoms with E-state index in [1.54, 1.807) is 19.6 Å². The number of imidazole rings is 1. The van der Waals surface area contributed by atoms with Crippen LogP contribution in [0.1, 0.15) is 41.0 Å². The van der Waals surface area contributed by atoms with Crippen LogP contribution in [0.2, 0.25) is 0 Å². The second kappa shape index (κ2) is 9.43. The number of ether oxygens (including phenoxy) is 2. The molecule has 1 amide bonds. The molecule has 0 spiro atoms. The van der Waals surface area contributed by atoms with Gasteiger partial charge < -0.3 is 18.9 Å². The number of aromatic nitrogens is 4. The van der Waals surface area contributed by atoms with Crippen molar-refractivity contribution in [3.8, 4) is 22.8 Å². The molecular weight excluding hydrogens is 430 g/mol. The standard InChI is InChI=1S/C26H27N5O3/c1-3-34-20-11-10-19(16-21(20)33-2)25-22-23(18-8-5-4-6-9-18)28-29-24(22)26(32)31(25)14-7-13-30-15-12-27-17-30/h4-6,8-12,15-17,25H,3,7,13-14H2,1-2H3,(H,28,29). The van der Waals surface area contributed by atoms with E-state index in [-0.39, 0.29) is 11.9 Å². The lowest BCUT2D eigenvalue weighted by atomic mass is 9.95. The number of benzene rings is 2. The molecule has 4 aromatic rings. The van der Waals surface area contributed by atoms with Gasteiger partial charge in [-0.3, -0.25) is 9.89 Å². The summed E-state index contributed by atoms with van der Waals surface area (Å²) in [5.74, 6) is 1.27. The Hall–Kier alpha value is -4.07. The fourth-order valence-corrected chi connectivity index (χ4v) is 4.56. The van der Waals surface area contributed by atoms with Crippen LogP contribution in [0, 0.1) is 0 Å². The van der Waals surface area contributed by atoms with Crippen molar-refractivity contribution in [2.45, 2.75) is 25.9 Å². The zero-order valence-corrected chi connectivity index (χ0v) is 19.3. The predicted octanol–water partition coefficient (Wildman–Crippen LogP) is 4.32. The second-order valence-electron chi connectivity index (χ2n) is 8.13. The zero-order valence-electron chi connectivity index (χ0n) is 19.3. The molecule has 0 fully saturated rings. The van der Waals surface area contributed by atoms with E-state index >= 15 is 0 Å². The number of aryl methyl sites for hydroxylation is 1. The number of amides is 1. The minimum absolute atomic E-state index is 0.0480. The van der Waals surface area contributed by atoms with Gasteiger partial charge in [0.05, 0.1) is 31.8 Å².